The van der Waals surface area contributed by atoms with Gasteiger partial charge < -0.3 is 19.7 Å². The fourth-order valence-corrected chi connectivity index (χ4v) is 4.32. The number of non-ortho nitro benzene ring substituents is 1. The Morgan fingerprint density at radius 2 is 1.79 bits per heavy atom. The van der Waals surface area contributed by atoms with Gasteiger partial charge in [0.1, 0.15) is 23.3 Å². The molecule has 2 unspecified atom stereocenters. The van der Waals surface area contributed by atoms with Crippen LogP contribution in [0.2, 0.25) is 0 Å². The second-order valence-corrected chi connectivity index (χ2v) is 7.88. The summed E-state index contributed by atoms with van der Waals surface area (Å²) in [6, 6.07) is 21.7. The molecule has 0 spiro atoms. The zero-order valence-corrected chi connectivity index (χ0v) is 18.0. The monoisotopic (exact) mass is 458 g/mol. The number of hydrogen-bond donors (Lipinski definition) is 2. The number of rotatable bonds is 5. The van der Waals surface area contributed by atoms with E-state index in [2.05, 4.69) is 10.3 Å². The molecule has 0 aliphatic carbocycles. The summed E-state index contributed by atoms with van der Waals surface area (Å²) in [4.78, 5) is 16.8. The lowest BCUT2D eigenvalue weighted by Gasteiger charge is -2.26. The molecule has 0 bridgehead atoms. The molecule has 8 nitrogen and oxygen atoms in total. The van der Waals surface area contributed by atoms with Crippen LogP contribution in [0.1, 0.15) is 23.5 Å². The smallest absolute Gasteiger partial charge is 0.269 e. The van der Waals surface area contributed by atoms with Crippen molar-refractivity contribution in [2.75, 3.05) is 4.90 Å². The van der Waals surface area contributed by atoms with Gasteiger partial charge in [-0.25, -0.2) is 0 Å². The van der Waals surface area contributed by atoms with Crippen molar-refractivity contribution in [2.24, 2.45) is 0 Å². The quantitative estimate of drug-likeness (QED) is 0.241. The Morgan fingerprint density at radius 1 is 1.03 bits per heavy atom. The molecule has 0 radical (unpaired) electrons. The van der Waals surface area contributed by atoms with Gasteiger partial charge in [-0.2, -0.15) is 0 Å². The second kappa shape index (κ2) is 8.36. The molecule has 1 aliphatic heterocycles. The van der Waals surface area contributed by atoms with Gasteiger partial charge in [0.05, 0.1) is 22.3 Å². The van der Waals surface area contributed by atoms with Crippen molar-refractivity contribution in [3.05, 3.63) is 107 Å². The first-order chi connectivity index (χ1) is 16.0. The lowest BCUT2D eigenvalue weighted by atomic mass is 10.0. The van der Waals surface area contributed by atoms with Crippen LogP contribution in [-0.2, 0) is 0 Å². The van der Waals surface area contributed by atoms with Gasteiger partial charge in [0.15, 0.2) is 5.11 Å². The Morgan fingerprint density at radius 3 is 2.48 bits per heavy atom. The average Bonchev–Trinajstić information content (AvgIpc) is 3.45. The van der Waals surface area contributed by atoms with Crippen LogP contribution in [0.3, 0.4) is 0 Å². The number of phenolic OH excluding ortho intramolecular Hbond substituents is 1. The highest BCUT2D eigenvalue weighted by Crippen LogP contribution is 2.45. The molecule has 0 amide bonds. The van der Waals surface area contributed by atoms with Gasteiger partial charge in [0.2, 0.25) is 0 Å². The number of furan rings is 1. The van der Waals surface area contributed by atoms with Crippen molar-refractivity contribution < 1.29 is 14.4 Å². The van der Waals surface area contributed by atoms with Gasteiger partial charge in [-0.3, -0.25) is 15.1 Å². The van der Waals surface area contributed by atoms with Crippen molar-refractivity contribution in [1.82, 2.24) is 10.3 Å². The maximum atomic E-state index is 11.0. The molecule has 9 heteroatoms. The van der Waals surface area contributed by atoms with Crippen LogP contribution < -0.4 is 10.2 Å². The zero-order valence-electron chi connectivity index (χ0n) is 17.2. The number of thiocarbonyl (C=S) groups is 1. The molecule has 33 heavy (non-hydrogen) atoms. The topological polar surface area (TPSA) is 105 Å². The Balaban J connectivity index is 1.58. The van der Waals surface area contributed by atoms with Crippen LogP contribution in [0, 0.1) is 10.1 Å². The Hall–Kier alpha value is -4.24. The number of nitro benzene ring substituents is 1. The number of nitrogens with zero attached hydrogens (tertiary/aromatic N) is 3. The summed E-state index contributed by atoms with van der Waals surface area (Å²) in [7, 11) is 0. The number of pyridine rings is 1. The lowest BCUT2D eigenvalue weighted by Crippen LogP contribution is -2.29. The van der Waals surface area contributed by atoms with Crippen LogP contribution in [0.25, 0.3) is 11.3 Å². The molecule has 2 aromatic carbocycles. The fourth-order valence-electron chi connectivity index (χ4n) is 3.99. The summed E-state index contributed by atoms with van der Waals surface area (Å²) in [5.74, 6) is 1.26. The summed E-state index contributed by atoms with van der Waals surface area (Å²) >= 11 is 5.65. The largest absolute Gasteiger partial charge is 0.506 e. The first kappa shape index (κ1) is 20.7. The third-order valence-corrected chi connectivity index (χ3v) is 5.83. The molecular formula is C24H18N4O4S. The second-order valence-electron chi connectivity index (χ2n) is 7.49. The van der Waals surface area contributed by atoms with Crippen molar-refractivity contribution in [3.8, 4) is 17.1 Å². The predicted octanol–water partition coefficient (Wildman–Crippen LogP) is 5.13. The predicted molar refractivity (Wildman–Crippen MR) is 127 cm³/mol. The van der Waals surface area contributed by atoms with Gasteiger partial charge in [0, 0.05) is 23.9 Å². The van der Waals surface area contributed by atoms with Crippen molar-refractivity contribution >= 4 is 28.7 Å². The molecule has 1 fully saturated rings. The summed E-state index contributed by atoms with van der Waals surface area (Å²) in [5, 5.41) is 25.2. The van der Waals surface area contributed by atoms with E-state index in [1.807, 2.05) is 41.3 Å². The van der Waals surface area contributed by atoms with E-state index >= 15 is 0 Å². The summed E-state index contributed by atoms with van der Waals surface area (Å²) in [5.41, 5.74) is 2.04. The number of anilines is 1. The van der Waals surface area contributed by atoms with Crippen LogP contribution in [0.5, 0.6) is 5.75 Å². The number of para-hydroxylation sites is 2. The average molecular weight is 458 g/mol. The molecule has 2 N–H and O–H groups in total. The van der Waals surface area contributed by atoms with Gasteiger partial charge in [0.25, 0.3) is 5.69 Å². The molecule has 3 heterocycles. The normalized spacial score (nSPS) is 17.7. The van der Waals surface area contributed by atoms with Crippen LogP contribution in [0.15, 0.2) is 89.5 Å². The van der Waals surface area contributed by atoms with E-state index < -0.39 is 11.0 Å². The highest BCUT2D eigenvalue weighted by molar-refractivity contribution is 7.80. The van der Waals surface area contributed by atoms with E-state index in [4.69, 9.17) is 16.6 Å². The van der Waals surface area contributed by atoms with E-state index in [1.54, 1.807) is 36.5 Å². The number of phenols is 1. The summed E-state index contributed by atoms with van der Waals surface area (Å²) < 4.78 is 6.23. The minimum absolute atomic E-state index is 0.0109. The minimum atomic E-state index is -0.440. The van der Waals surface area contributed by atoms with Crippen molar-refractivity contribution in [1.29, 1.82) is 0 Å². The standard InChI is InChI=1S/C24H18N4O4S/c29-19-7-2-1-6-18(19)27-23(22(26-24(27)33)17-5-3-4-14-25-17)21-13-12-20(32-21)15-8-10-16(11-9-15)28(30)31/h1-14,22-23,29H,(H,26,33). The molecule has 1 saturated heterocycles. The van der Waals surface area contributed by atoms with Crippen LogP contribution in [0.4, 0.5) is 11.4 Å². The molecule has 1 aliphatic rings. The highest BCUT2D eigenvalue weighted by Gasteiger charge is 2.43. The van der Waals surface area contributed by atoms with Gasteiger partial charge in [-0.15, -0.1) is 0 Å². The van der Waals surface area contributed by atoms with Crippen LogP contribution >= 0.6 is 12.2 Å². The number of nitrogens with one attached hydrogen (secondary N) is 1. The fraction of sp³-hybridized carbons (Fsp3) is 0.0833. The zero-order chi connectivity index (χ0) is 22.9. The van der Waals surface area contributed by atoms with E-state index in [9.17, 15) is 15.2 Å². The Kier molecular flexibility index (Phi) is 5.23. The molecule has 164 valence electrons. The molecule has 5 rings (SSSR count). The molecule has 2 atom stereocenters. The SMILES string of the molecule is O=[N+]([O-])c1ccc(-c2ccc(C3C(c4ccccn4)NC(=S)N3c3ccccc3O)o2)cc1. The maximum Gasteiger partial charge on any atom is 0.269 e. The minimum Gasteiger partial charge on any atom is -0.506 e. The van der Waals surface area contributed by atoms with Gasteiger partial charge in [-0.05, 0) is 60.7 Å². The first-order valence-corrected chi connectivity index (χ1v) is 10.6. The van der Waals surface area contributed by atoms with Gasteiger partial charge in [-0.1, -0.05) is 18.2 Å². The van der Waals surface area contributed by atoms with Gasteiger partial charge >= 0.3 is 0 Å². The van der Waals surface area contributed by atoms with Crippen molar-refractivity contribution in [2.45, 2.75) is 12.1 Å². The third kappa shape index (κ3) is 3.79. The van der Waals surface area contributed by atoms with E-state index in [0.29, 0.717) is 27.9 Å². The molecule has 4 aromatic rings. The Bertz CT molecular complexity index is 1320. The lowest BCUT2D eigenvalue weighted by molar-refractivity contribution is -0.384. The Labute approximate surface area is 194 Å². The van der Waals surface area contributed by atoms with E-state index in [0.717, 1.165) is 5.69 Å². The van der Waals surface area contributed by atoms with E-state index in [-0.39, 0.29) is 17.5 Å². The first-order valence-electron chi connectivity index (χ1n) is 10.2. The van der Waals surface area contributed by atoms with E-state index in [1.165, 1.54) is 12.1 Å². The summed E-state index contributed by atoms with van der Waals surface area (Å²) in [6.45, 7) is 0. The van der Waals surface area contributed by atoms with Crippen LogP contribution in [-0.4, -0.2) is 20.1 Å². The van der Waals surface area contributed by atoms with Crippen molar-refractivity contribution in [3.63, 3.8) is 0 Å². The number of nitro groups is 1. The number of hydrogen-bond acceptors (Lipinski definition) is 6. The molecular weight excluding hydrogens is 440 g/mol. The number of benzene rings is 2. The number of aromatic nitrogens is 1. The maximum absolute atomic E-state index is 11.0. The molecule has 2 aromatic heterocycles. The number of aromatic hydroxyl groups is 1. The molecule has 0 saturated carbocycles. The highest BCUT2D eigenvalue weighted by atomic mass is 32.1. The summed E-state index contributed by atoms with van der Waals surface area (Å²) in [6.07, 6.45) is 1.71. The third-order valence-electron chi connectivity index (χ3n) is 5.52.